The summed E-state index contributed by atoms with van der Waals surface area (Å²) in [7, 11) is 0. The predicted molar refractivity (Wildman–Crippen MR) is 81.4 cm³/mol. The van der Waals surface area contributed by atoms with Crippen LogP contribution in [0.2, 0.25) is 0 Å². The molecule has 0 aromatic heterocycles. The van der Waals surface area contributed by atoms with Gasteiger partial charge in [-0.05, 0) is 56.3 Å². The Hall–Kier alpha value is -0.740. The molecule has 106 valence electrons. The van der Waals surface area contributed by atoms with E-state index >= 15 is 0 Å². The molecule has 2 atom stereocenters. The van der Waals surface area contributed by atoms with Crippen molar-refractivity contribution >= 4 is 17.0 Å². The van der Waals surface area contributed by atoms with Crippen molar-refractivity contribution in [3.8, 4) is 11.5 Å². The van der Waals surface area contributed by atoms with E-state index in [9.17, 15) is 10.2 Å². The summed E-state index contributed by atoms with van der Waals surface area (Å²) < 4.78 is 0. The first-order chi connectivity index (χ1) is 8.72. The number of likely N-dealkylation sites (N-methyl/N-ethyl adjacent to an activating group) is 1. The Kier molecular flexibility index (Phi) is 4.41. The van der Waals surface area contributed by atoms with Gasteiger partial charge in [-0.2, -0.15) is 0 Å². The van der Waals surface area contributed by atoms with Crippen molar-refractivity contribution < 1.29 is 10.2 Å². The first-order valence-electron chi connectivity index (χ1n) is 7.00. The van der Waals surface area contributed by atoms with Crippen LogP contribution in [0, 0.1) is 0 Å². The minimum atomic E-state index is 0. The van der Waals surface area contributed by atoms with E-state index < -0.39 is 0 Å². The number of nitrogens with zero attached hydrogens (tertiary/aromatic N) is 1. The van der Waals surface area contributed by atoms with Crippen LogP contribution in [0.4, 0.5) is 0 Å². The summed E-state index contributed by atoms with van der Waals surface area (Å²) in [6, 6.07) is 4.28. The van der Waals surface area contributed by atoms with Gasteiger partial charge in [0, 0.05) is 11.6 Å². The highest BCUT2D eigenvalue weighted by Crippen LogP contribution is 2.45. The van der Waals surface area contributed by atoms with Crippen LogP contribution in [0.15, 0.2) is 12.1 Å². The van der Waals surface area contributed by atoms with Crippen molar-refractivity contribution in [2.45, 2.75) is 44.6 Å². The molecule has 0 spiro atoms. The third kappa shape index (κ3) is 2.36. The van der Waals surface area contributed by atoms with E-state index in [1.54, 1.807) is 6.07 Å². The monoisotopic (exact) mass is 327 g/mol. The number of fused-ring (bicyclic) bond motifs is 3. The fraction of sp³-hybridized carbons (Fsp3) is 0.600. The summed E-state index contributed by atoms with van der Waals surface area (Å²) in [5, 5.41) is 19.6. The standard InChI is InChI=1S/C15H21NO2.BrH/c1-2-16-9-3-4-11-10-6-8-14(17)15(18)12(10)5-7-13(11)16;/h6,8,11,13,17-18H,2-5,7,9H2,1H3;1H/t11-,13+;/m1./s1. The second-order valence-electron chi connectivity index (χ2n) is 5.48. The van der Waals surface area contributed by atoms with E-state index in [0.29, 0.717) is 12.0 Å². The normalized spacial score (nSPS) is 26.2. The number of halogens is 1. The molecule has 2 aliphatic rings. The number of hydrogen-bond acceptors (Lipinski definition) is 3. The molecule has 1 saturated heterocycles. The smallest absolute Gasteiger partial charge is 0.160 e. The topological polar surface area (TPSA) is 43.7 Å². The molecule has 2 N–H and O–H groups in total. The Morgan fingerprint density at radius 3 is 2.79 bits per heavy atom. The number of aromatic hydroxyl groups is 2. The second kappa shape index (κ2) is 5.71. The van der Waals surface area contributed by atoms with E-state index in [0.717, 1.165) is 24.9 Å². The highest BCUT2D eigenvalue weighted by atomic mass is 79.9. The lowest BCUT2D eigenvalue weighted by molar-refractivity contribution is 0.118. The number of likely N-dealkylation sites (tertiary alicyclic amines) is 1. The molecule has 0 bridgehead atoms. The largest absolute Gasteiger partial charge is 0.504 e. The van der Waals surface area contributed by atoms with Crippen molar-refractivity contribution in [2.75, 3.05) is 13.1 Å². The van der Waals surface area contributed by atoms with Gasteiger partial charge in [-0.3, -0.25) is 0 Å². The lowest BCUT2D eigenvalue weighted by Gasteiger charge is -2.44. The average molecular weight is 328 g/mol. The second-order valence-corrected chi connectivity index (χ2v) is 5.48. The van der Waals surface area contributed by atoms with Crippen molar-refractivity contribution in [3.05, 3.63) is 23.3 Å². The van der Waals surface area contributed by atoms with Crippen molar-refractivity contribution in [1.29, 1.82) is 0 Å². The van der Waals surface area contributed by atoms with Gasteiger partial charge in [-0.1, -0.05) is 13.0 Å². The zero-order valence-electron chi connectivity index (χ0n) is 11.3. The van der Waals surface area contributed by atoms with Crippen molar-refractivity contribution in [2.24, 2.45) is 0 Å². The molecule has 1 aliphatic heterocycles. The maximum atomic E-state index is 9.99. The Bertz CT molecular complexity index is 464. The molecule has 1 heterocycles. The molecule has 1 aromatic carbocycles. The zero-order valence-corrected chi connectivity index (χ0v) is 13.0. The fourth-order valence-electron chi connectivity index (χ4n) is 3.81. The molecule has 19 heavy (non-hydrogen) atoms. The molecular formula is C15H22BrNO2. The van der Waals surface area contributed by atoms with Crippen LogP contribution < -0.4 is 0 Å². The van der Waals surface area contributed by atoms with E-state index in [1.165, 1.54) is 24.9 Å². The van der Waals surface area contributed by atoms with E-state index in [4.69, 9.17) is 0 Å². The minimum Gasteiger partial charge on any atom is -0.504 e. The first-order valence-corrected chi connectivity index (χ1v) is 7.00. The van der Waals surface area contributed by atoms with Crippen LogP contribution in [0.25, 0.3) is 0 Å². The number of phenols is 2. The maximum absolute atomic E-state index is 9.99. The summed E-state index contributed by atoms with van der Waals surface area (Å²) in [6.07, 6.45) is 4.42. The van der Waals surface area contributed by atoms with Crippen LogP contribution in [-0.4, -0.2) is 34.2 Å². The molecule has 0 amide bonds. The van der Waals surface area contributed by atoms with Crippen LogP contribution in [0.1, 0.15) is 43.2 Å². The van der Waals surface area contributed by atoms with Gasteiger partial charge in [0.1, 0.15) is 0 Å². The summed E-state index contributed by atoms with van der Waals surface area (Å²) in [6.45, 7) is 4.55. The summed E-state index contributed by atoms with van der Waals surface area (Å²) in [5.74, 6) is 0.670. The third-order valence-electron chi connectivity index (χ3n) is 4.69. The molecule has 3 rings (SSSR count). The zero-order chi connectivity index (χ0) is 12.7. The average Bonchev–Trinajstić information content (AvgIpc) is 2.41. The van der Waals surface area contributed by atoms with Gasteiger partial charge in [0.25, 0.3) is 0 Å². The molecule has 1 aliphatic carbocycles. The first kappa shape index (κ1) is 14.7. The molecule has 4 heteroatoms. The lowest BCUT2D eigenvalue weighted by atomic mass is 9.74. The Labute approximate surface area is 125 Å². The molecule has 0 saturated carbocycles. The summed E-state index contributed by atoms with van der Waals surface area (Å²) in [5.41, 5.74) is 2.24. The highest BCUT2D eigenvalue weighted by molar-refractivity contribution is 8.93. The van der Waals surface area contributed by atoms with Gasteiger partial charge < -0.3 is 15.1 Å². The van der Waals surface area contributed by atoms with Gasteiger partial charge in [-0.25, -0.2) is 0 Å². The van der Waals surface area contributed by atoms with E-state index in [2.05, 4.69) is 11.8 Å². The highest BCUT2D eigenvalue weighted by Gasteiger charge is 2.36. The Morgan fingerprint density at radius 2 is 2.05 bits per heavy atom. The minimum absolute atomic E-state index is 0. The van der Waals surface area contributed by atoms with Crippen molar-refractivity contribution in [1.82, 2.24) is 4.90 Å². The Morgan fingerprint density at radius 1 is 1.26 bits per heavy atom. The van der Waals surface area contributed by atoms with Crippen LogP contribution in [0.3, 0.4) is 0 Å². The summed E-state index contributed by atoms with van der Waals surface area (Å²) in [4.78, 5) is 2.57. The van der Waals surface area contributed by atoms with Crippen LogP contribution >= 0.6 is 17.0 Å². The van der Waals surface area contributed by atoms with Crippen LogP contribution in [0.5, 0.6) is 11.5 Å². The van der Waals surface area contributed by atoms with Gasteiger partial charge in [0.05, 0.1) is 0 Å². The van der Waals surface area contributed by atoms with Gasteiger partial charge >= 0.3 is 0 Å². The number of rotatable bonds is 1. The fourth-order valence-corrected chi connectivity index (χ4v) is 3.81. The van der Waals surface area contributed by atoms with Gasteiger partial charge in [0.2, 0.25) is 0 Å². The quantitative estimate of drug-likeness (QED) is 0.778. The maximum Gasteiger partial charge on any atom is 0.160 e. The molecule has 0 unspecified atom stereocenters. The third-order valence-corrected chi connectivity index (χ3v) is 4.69. The van der Waals surface area contributed by atoms with Crippen LogP contribution in [-0.2, 0) is 6.42 Å². The van der Waals surface area contributed by atoms with Crippen molar-refractivity contribution in [3.63, 3.8) is 0 Å². The molecule has 1 aromatic rings. The SMILES string of the molecule is Br.CCN1CCC[C@@H]2c3ccc(O)c(O)c3CC[C@@H]21. The van der Waals surface area contributed by atoms with Gasteiger partial charge in [-0.15, -0.1) is 17.0 Å². The number of hydrogen-bond donors (Lipinski definition) is 2. The molecule has 3 nitrogen and oxygen atoms in total. The molecule has 0 radical (unpaired) electrons. The Balaban J connectivity index is 0.00000133. The molecule has 1 fully saturated rings. The van der Waals surface area contributed by atoms with E-state index in [1.807, 2.05) is 6.07 Å². The van der Waals surface area contributed by atoms with Gasteiger partial charge in [0.15, 0.2) is 11.5 Å². The number of piperidine rings is 1. The number of benzene rings is 1. The number of phenolic OH excluding ortho intramolecular Hbond substituents is 2. The van der Waals surface area contributed by atoms with E-state index in [-0.39, 0.29) is 28.5 Å². The molecular weight excluding hydrogens is 306 g/mol. The predicted octanol–water partition coefficient (Wildman–Crippen LogP) is 3.19. The summed E-state index contributed by atoms with van der Waals surface area (Å²) >= 11 is 0. The lowest BCUT2D eigenvalue weighted by Crippen LogP contribution is -2.46.